The first-order chi connectivity index (χ1) is 9.82. The van der Waals surface area contributed by atoms with Crippen molar-refractivity contribution in [1.29, 1.82) is 0 Å². The summed E-state index contributed by atoms with van der Waals surface area (Å²) in [5.74, 6) is -0.985. The molecule has 2 atom stereocenters. The molecule has 1 saturated carbocycles. The Morgan fingerprint density at radius 1 is 1.14 bits per heavy atom. The maximum absolute atomic E-state index is 12.3. The smallest absolute Gasteiger partial charge is 0.303 e. The lowest BCUT2D eigenvalue weighted by molar-refractivity contribution is -0.141. The van der Waals surface area contributed by atoms with Crippen molar-refractivity contribution in [3.05, 3.63) is 0 Å². The van der Waals surface area contributed by atoms with Crippen LogP contribution in [0.15, 0.2) is 0 Å². The third-order valence-corrected chi connectivity index (χ3v) is 4.96. The second-order valence-electron chi connectivity index (χ2n) is 7.13. The highest BCUT2D eigenvalue weighted by molar-refractivity contribution is 6.05. The van der Waals surface area contributed by atoms with E-state index in [0.29, 0.717) is 19.4 Å². The number of imide groups is 1. The molecule has 0 radical (unpaired) electrons. The van der Waals surface area contributed by atoms with E-state index in [0.717, 1.165) is 25.7 Å². The second kappa shape index (κ2) is 6.16. The molecule has 0 spiro atoms. The first-order valence-corrected chi connectivity index (χ1v) is 7.89. The van der Waals surface area contributed by atoms with Crippen LogP contribution in [0.4, 0.5) is 0 Å². The zero-order valence-corrected chi connectivity index (χ0v) is 12.9. The average Bonchev–Trinajstić information content (AvgIpc) is 2.68. The Hall–Kier alpha value is -1.39. The molecule has 5 heteroatoms. The van der Waals surface area contributed by atoms with E-state index in [2.05, 4.69) is 0 Å². The minimum absolute atomic E-state index is 0.00117. The summed E-state index contributed by atoms with van der Waals surface area (Å²) in [4.78, 5) is 36.8. The molecule has 0 aromatic heterocycles. The Bertz CT molecular complexity index is 420. The first kappa shape index (κ1) is 16.0. The Labute approximate surface area is 125 Å². The molecule has 1 aliphatic heterocycles. The SMILES string of the molecule is CC(C)(CCC(=O)O)CCN1C(=O)C2CCCCC2C1=O. The minimum Gasteiger partial charge on any atom is -0.481 e. The van der Waals surface area contributed by atoms with E-state index in [9.17, 15) is 14.4 Å². The molecule has 2 aliphatic rings. The fourth-order valence-corrected chi connectivity index (χ4v) is 3.44. The molecule has 2 amide bonds. The maximum Gasteiger partial charge on any atom is 0.303 e. The number of carbonyl (C=O) groups excluding carboxylic acids is 2. The summed E-state index contributed by atoms with van der Waals surface area (Å²) in [7, 11) is 0. The molecule has 5 nitrogen and oxygen atoms in total. The maximum atomic E-state index is 12.3. The summed E-state index contributed by atoms with van der Waals surface area (Å²) >= 11 is 0. The molecule has 2 unspecified atom stereocenters. The predicted molar refractivity (Wildman–Crippen MR) is 77.4 cm³/mol. The van der Waals surface area contributed by atoms with Gasteiger partial charge in [0, 0.05) is 13.0 Å². The van der Waals surface area contributed by atoms with Crippen LogP contribution in [0.25, 0.3) is 0 Å². The molecule has 118 valence electrons. The molecule has 1 heterocycles. The van der Waals surface area contributed by atoms with Gasteiger partial charge in [-0.3, -0.25) is 19.3 Å². The van der Waals surface area contributed by atoms with Crippen molar-refractivity contribution in [2.75, 3.05) is 6.54 Å². The Morgan fingerprint density at radius 3 is 2.14 bits per heavy atom. The zero-order chi connectivity index (χ0) is 15.6. The molecule has 0 aromatic carbocycles. The van der Waals surface area contributed by atoms with Crippen molar-refractivity contribution >= 4 is 17.8 Å². The van der Waals surface area contributed by atoms with Crippen molar-refractivity contribution < 1.29 is 19.5 Å². The van der Waals surface area contributed by atoms with E-state index in [1.807, 2.05) is 13.8 Å². The number of fused-ring (bicyclic) bond motifs is 1. The lowest BCUT2D eigenvalue weighted by atomic mass is 9.81. The van der Waals surface area contributed by atoms with Crippen LogP contribution < -0.4 is 0 Å². The zero-order valence-electron chi connectivity index (χ0n) is 12.9. The largest absolute Gasteiger partial charge is 0.481 e. The number of hydrogen-bond acceptors (Lipinski definition) is 3. The third kappa shape index (κ3) is 3.63. The summed E-state index contributed by atoms with van der Waals surface area (Å²) in [6.07, 6.45) is 5.11. The number of nitrogens with zero attached hydrogens (tertiary/aromatic N) is 1. The standard InChI is InChI=1S/C16H25NO4/c1-16(2,8-7-13(18)19)9-10-17-14(20)11-5-3-4-6-12(11)15(17)21/h11-12H,3-10H2,1-2H3,(H,18,19). The van der Waals surface area contributed by atoms with Crippen LogP contribution in [0, 0.1) is 17.3 Å². The van der Waals surface area contributed by atoms with Gasteiger partial charge in [-0.05, 0) is 31.1 Å². The van der Waals surface area contributed by atoms with Crippen molar-refractivity contribution in [2.24, 2.45) is 17.3 Å². The van der Waals surface area contributed by atoms with Crippen LogP contribution in [0.3, 0.4) is 0 Å². The van der Waals surface area contributed by atoms with Crippen LogP contribution in [-0.2, 0) is 14.4 Å². The summed E-state index contributed by atoms with van der Waals surface area (Å²) in [6.45, 7) is 4.42. The highest BCUT2D eigenvalue weighted by atomic mass is 16.4. The molecule has 2 fully saturated rings. The summed E-state index contributed by atoms with van der Waals surface area (Å²) in [6, 6.07) is 0. The summed E-state index contributed by atoms with van der Waals surface area (Å²) in [5.41, 5.74) is -0.174. The van der Waals surface area contributed by atoms with Crippen LogP contribution in [0.1, 0.15) is 58.8 Å². The van der Waals surface area contributed by atoms with Gasteiger partial charge >= 0.3 is 5.97 Å². The normalized spacial score (nSPS) is 26.1. The lowest BCUT2D eigenvalue weighted by Gasteiger charge is -2.26. The predicted octanol–water partition coefficient (Wildman–Crippen LogP) is 2.44. The van der Waals surface area contributed by atoms with Gasteiger partial charge in [0.1, 0.15) is 0 Å². The fourth-order valence-electron chi connectivity index (χ4n) is 3.44. The Morgan fingerprint density at radius 2 is 1.67 bits per heavy atom. The number of aliphatic carboxylic acids is 1. The summed E-state index contributed by atoms with van der Waals surface area (Å²) < 4.78 is 0. The van der Waals surface area contributed by atoms with Gasteiger partial charge in [-0.25, -0.2) is 0 Å². The lowest BCUT2D eigenvalue weighted by Crippen LogP contribution is -2.34. The summed E-state index contributed by atoms with van der Waals surface area (Å²) in [5, 5.41) is 8.76. The van der Waals surface area contributed by atoms with Gasteiger partial charge < -0.3 is 5.11 Å². The van der Waals surface area contributed by atoms with Crippen LogP contribution in [-0.4, -0.2) is 34.3 Å². The highest BCUT2D eigenvalue weighted by Crippen LogP contribution is 2.38. The number of likely N-dealkylation sites (tertiary alicyclic amines) is 1. The molecule has 1 aliphatic carbocycles. The monoisotopic (exact) mass is 295 g/mol. The number of carboxylic acids is 1. The van der Waals surface area contributed by atoms with Crippen LogP contribution >= 0.6 is 0 Å². The quantitative estimate of drug-likeness (QED) is 0.764. The molecule has 0 aromatic rings. The topological polar surface area (TPSA) is 74.7 Å². The van der Waals surface area contributed by atoms with Crippen molar-refractivity contribution in [1.82, 2.24) is 4.90 Å². The Balaban J connectivity index is 1.92. The van der Waals surface area contributed by atoms with Gasteiger partial charge in [0.25, 0.3) is 0 Å². The number of carboxylic acid groups (broad SMARTS) is 1. The van der Waals surface area contributed by atoms with Crippen LogP contribution in [0.5, 0.6) is 0 Å². The number of rotatable bonds is 6. The highest BCUT2D eigenvalue weighted by Gasteiger charge is 2.47. The number of amides is 2. The van der Waals surface area contributed by atoms with Gasteiger partial charge in [0.15, 0.2) is 0 Å². The average molecular weight is 295 g/mol. The second-order valence-corrected chi connectivity index (χ2v) is 7.13. The molecular weight excluding hydrogens is 270 g/mol. The van der Waals surface area contributed by atoms with E-state index < -0.39 is 5.97 Å². The van der Waals surface area contributed by atoms with E-state index in [1.54, 1.807) is 0 Å². The van der Waals surface area contributed by atoms with Gasteiger partial charge in [0.05, 0.1) is 11.8 Å². The van der Waals surface area contributed by atoms with Gasteiger partial charge in [-0.1, -0.05) is 26.7 Å². The Kier molecular flexibility index (Phi) is 4.69. The van der Waals surface area contributed by atoms with E-state index in [-0.39, 0.29) is 35.5 Å². The van der Waals surface area contributed by atoms with E-state index in [1.165, 1.54) is 4.90 Å². The minimum atomic E-state index is -0.803. The molecular formula is C16H25NO4. The first-order valence-electron chi connectivity index (χ1n) is 7.89. The number of hydrogen-bond donors (Lipinski definition) is 1. The van der Waals surface area contributed by atoms with E-state index >= 15 is 0 Å². The number of carbonyl (C=O) groups is 3. The van der Waals surface area contributed by atoms with Gasteiger partial charge in [-0.2, -0.15) is 0 Å². The third-order valence-electron chi connectivity index (χ3n) is 4.96. The molecule has 0 bridgehead atoms. The van der Waals surface area contributed by atoms with Crippen molar-refractivity contribution in [3.63, 3.8) is 0 Å². The molecule has 21 heavy (non-hydrogen) atoms. The van der Waals surface area contributed by atoms with Crippen LogP contribution in [0.2, 0.25) is 0 Å². The van der Waals surface area contributed by atoms with Gasteiger partial charge in [-0.15, -0.1) is 0 Å². The van der Waals surface area contributed by atoms with Crippen molar-refractivity contribution in [2.45, 2.75) is 58.8 Å². The van der Waals surface area contributed by atoms with Gasteiger partial charge in [0.2, 0.25) is 11.8 Å². The molecule has 1 N–H and O–H groups in total. The van der Waals surface area contributed by atoms with E-state index in [4.69, 9.17) is 5.11 Å². The fraction of sp³-hybridized carbons (Fsp3) is 0.812. The molecule has 1 saturated heterocycles. The van der Waals surface area contributed by atoms with Crippen molar-refractivity contribution in [3.8, 4) is 0 Å². The molecule has 2 rings (SSSR count).